The SMILES string of the molecule is O=COC1(CCCCCl)CCCC1. The Labute approximate surface area is 84.6 Å². The Kier molecular flexibility index (Phi) is 4.57. The van der Waals surface area contributed by atoms with Crippen LogP contribution >= 0.6 is 11.6 Å². The Bertz CT molecular complexity index is 153. The van der Waals surface area contributed by atoms with Gasteiger partial charge >= 0.3 is 0 Å². The van der Waals surface area contributed by atoms with Crippen molar-refractivity contribution in [3.8, 4) is 0 Å². The van der Waals surface area contributed by atoms with Gasteiger partial charge in [-0.25, -0.2) is 0 Å². The normalized spacial score (nSPS) is 20.1. The first-order valence-electron chi connectivity index (χ1n) is 5.00. The van der Waals surface area contributed by atoms with Crippen molar-refractivity contribution < 1.29 is 9.53 Å². The summed E-state index contributed by atoms with van der Waals surface area (Å²) in [7, 11) is 0. The van der Waals surface area contributed by atoms with Crippen molar-refractivity contribution in [2.24, 2.45) is 0 Å². The van der Waals surface area contributed by atoms with Crippen molar-refractivity contribution in [3.63, 3.8) is 0 Å². The molecule has 2 nitrogen and oxygen atoms in total. The third kappa shape index (κ3) is 3.18. The average molecular weight is 205 g/mol. The van der Waals surface area contributed by atoms with Gasteiger partial charge in [-0.1, -0.05) is 0 Å². The number of carbonyl (C=O) groups excluding carboxylic acids is 1. The van der Waals surface area contributed by atoms with Gasteiger partial charge in [0, 0.05) is 5.88 Å². The number of unbranched alkanes of at least 4 members (excludes halogenated alkanes) is 1. The molecule has 76 valence electrons. The van der Waals surface area contributed by atoms with E-state index in [0.717, 1.165) is 32.1 Å². The van der Waals surface area contributed by atoms with Crippen molar-refractivity contribution in [1.82, 2.24) is 0 Å². The van der Waals surface area contributed by atoms with Gasteiger partial charge in [0.1, 0.15) is 5.60 Å². The Balaban J connectivity index is 2.32. The monoisotopic (exact) mass is 204 g/mol. The van der Waals surface area contributed by atoms with E-state index in [1.54, 1.807) is 0 Å². The summed E-state index contributed by atoms with van der Waals surface area (Å²) < 4.78 is 5.21. The third-order valence-corrected chi connectivity index (χ3v) is 3.10. The highest BCUT2D eigenvalue weighted by molar-refractivity contribution is 6.17. The Morgan fingerprint density at radius 1 is 1.31 bits per heavy atom. The van der Waals surface area contributed by atoms with E-state index in [1.165, 1.54) is 12.8 Å². The van der Waals surface area contributed by atoms with Gasteiger partial charge in [0.25, 0.3) is 6.47 Å². The maximum atomic E-state index is 10.4. The van der Waals surface area contributed by atoms with Gasteiger partial charge in [-0.15, -0.1) is 11.6 Å². The van der Waals surface area contributed by atoms with E-state index in [0.29, 0.717) is 12.4 Å². The zero-order valence-corrected chi connectivity index (χ0v) is 8.68. The van der Waals surface area contributed by atoms with Crippen molar-refractivity contribution in [2.75, 3.05) is 5.88 Å². The molecule has 0 heterocycles. The highest BCUT2D eigenvalue weighted by Crippen LogP contribution is 2.36. The zero-order chi connectivity index (χ0) is 9.57. The fourth-order valence-corrected chi connectivity index (χ4v) is 2.28. The Hall–Kier alpha value is -0.240. The molecule has 1 saturated carbocycles. The number of carbonyl (C=O) groups is 1. The molecule has 1 aliphatic rings. The van der Waals surface area contributed by atoms with Gasteiger partial charge in [0.15, 0.2) is 0 Å². The molecular weight excluding hydrogens is 188 g/mol. The molecule has 0 saturated heterocycles. The van der Waals surface area contributed by atoms with E-state index in [4.69, 9.17) is 16.3 Å². The molecule has 1 rings (SSSR count). The summed E-state index contributed by atoms with van der Waals surface area (Å²) in [6.07, 6.45) is 7.52. The van der Waals surface area contributed by atoms with Gasteiger partial charge in [-0.3, -0.25) is 4.79 Å². The molecule has 0 bridgehead atoms. The van der Waals surface area contributed by atoms with Crippen LogP contribution in [0.5, 0.6) is 0 Å². The molecule has 0 aromatic rings. The first-order chi connectivity index (χ1) is 6.33. The van der Waals surface area contributed by atoms with Gasteiger partial charge < -0.3 is 4.74 Å². The number of alkyl halides is 1. The van der Waals surface area contributed by atoms with E-state index >= 15 is 0 Å². The summed E-state index contributed by atoms with van der Waals surface area (Å²) >= 11 is 5.60. The van der Waals surface area contributed by atoms with Gasteiger partial charge in [-0.05, 0) is 44.9 Å². The van der Waals surface area contributed by atoms with Gasteiger partial charge in [0.2, 0.25) is 0 Å². The van der Waals surface area contributed by atoms with Crippen molar-refractivity contribution >= 4 is 18.1 Å². The Morgan fingerprint density at radius 3 is 2.54 bits per heavy atom. The lowest BCUT2D eigenvalue weighted by Crippen LogP contribution is -2.28. The maximum absolute atomic E-state index is 10.4. The van der Waals surface area contributed by atoms with Crippen LogP contribution in [0.1, 0.15) is 44.9 Å². The summed E-state index contributed by atoms with van der Waals surface area (Å²) in [5.41, 5.74) is -0.131. The summed E-state index contributed by atoms with van der Waals surface area (Å²) in [6.45, 7) is 0.603. The first-order valence-corrected chi connectivity index (χ1v) is 5.54. The van der Waals surface area contributed by atoms with E-state index in [1.807, 2.05) is 0 Å². The highest BCUT2D eigenvalue weighted by atomic mass is 35.5. The topological polar surface area (TPSA) is 26.3 Å². The van der Waals surface area contributed by atoms with Crippen LogP contribution in [0, 0.1) is 0 Å². The molecule has 1 fully saturated rings. The molecule has 0 unspecified atom stereocenters. The first kappa shape index (κ1) is 10.8. The number of rotatable bonds is 6. The summed E-state index contributed by atoms with van der Waals surface area (Å²) in [4.78, 5) is 10.4. The maximum Gasteiger partial charge on any atom is 0.293 e. The summed E-state index contributed by atoms with van der Waals surface area (Å²) in [5, 5.41) is 0. The molecule has 0 N–H and O–H groups in total. The smallest absolute Gasteiger partial charge is 0.293 e. The van der Waals surface area contributed by atoms with Gasteiger partial charge in [0.05, 0.1) is 0 Å². The number of hydrogen-bond acceptors (Lipinski definition) is 2. The molecule has 0 aromatic heterocycles. The molecule has 0 amide bonds. The zero-order valence-electron chi connectivity index (χ0n) is 7.93. The van der Waals surface area contributed by atoms with Crippen LogP contribution < -0.4 is 0 Å². The standard InChI is InChI=1S/C10H17ClO2/c11-8-4-3-7-10(13-9-12)5-1-2-6-10/h9H,1-8H2. The minimum Gasteiger partial charge on any atom is -0.461 e. The summed E-state index contributed by atoms with van der Waals surface area (Å²) in [6, 6.07) is 0. The molecule has 13 heavy (non-hydrogen) atoms. The second-order valence-electron chi connectivity index (χ2n) is 3.75. The van der Waals surface area contributed by atoms with Crippen LogP contribution in [0.3, 0.4) is 0 Å². The fourth-order valence-electron chi connectivity index (χ4n) is 2.09. The number of hydrogen-bond donors (Lipinski definition) is 0. The molecule has 0 aliphatic heterocycles. The highest BCUT2D eigenvalue weighted by Gasteiger charge is 2.34. The lowest BCUT2D eigenvalue weighted by molar-refractivity contribution is -0.143. The molecule has 0 aromatic carbocycles. The molecule has 0 spiro atoms. The number of halogens is 1. The molecule has 3 heteroatoms. The van der Waals surface area contributed by atoms with Crippen LogP contribution in [-0.4, -0.2) is 18.0 Å². The largest absolute Gasteiger partial charge is 0.461 e. The fraction of sp³-hybridized carbons (Fsp3) is 0.900. The second kappa shape index (κ2) is 5.48. The van der Waals surface area contributed by atoms with Crippen LogP contribution in [0.25, 0.3) is 0 Å². The van der Waals surface area contributed by atoms with E-state index in [-0.39, 0.29) is 5.60 Å². The van der Waals surface area contributed by atoms with Crippen LogP contribution in [0.4, 0.5) is 0 Å². The van der Waals surface area contributed by atoms with Crippen molar-refractivity contribution in [3.05, 3.63) is 0 Å². The minimum absolute atomic E-state index is 0.131. The minimum atomic E-state index is -0.131. The molecular formula is C10H17ClO2. The second-order valence-corrected chi connectivity index (χ2v) is 4.13. The van der Waals surface area contributed by atoms with Crippen LogP contribution in [0.2, 0.25) is 0 Å². The molecule has 0 radical (unpaired) electrons. The van der Waals surface area contributed by atoms with Crippen LogP contribution in [-0.2, 0) is 9.53 Å². The van der Waals surface area contributed by atoms with E-state index in [9.17, 15) is 4.79 Å². The van der Waals surface area contributed by atoms with Crippen molar-refractivity contribution in [1.29, 1.82) is 0 Å². The third-order valence-electron chi connectivity index (χ3n) is 2.83. The lowest BCUT2D eigenvalue weighted by atomic mass is 9.95. The quantitative estimate of drug-likeness (QED) is 0.378. The van der Waals surface area contributed by atoms with E-state index in [2.05, 4.69) is 0 Å². The van der Waals surface area contributed by atoms with E-state index < -0.39 is 0 Å². The lowest BCUT2D eigenvalue weighted by Gasteiger charge is -2.26. The van der Waals surface area contributed by atoms with Crippen molar-refractivity contribution in [2.45, 2.75) is 50.5 Å². The molecule has 0 atom stereocenters. The predicted octanol–water partition coefficient (Wildman–Crippen LogP) is 2.88. The summed E-state index contributed by atoms with van der Waals surface area (Å²) in [5.74, 6) is 0.706. The predicted molar refractivity (Wildman–Crippen MR) is 52.9 cm³/mol. The van der Waals surface area contributed by atoms with Crippen LogP contribution in [0.15, 0.2) is 0 Å². The average Bonchev–Trinajstić information content (AvgIpc) is 2.55. The van der Waals surface area contributed by atoms with Gasteiger partial charge in [-0.2, -0.15) is 0 Å². The Morgan fingerprint density at radius 2 is 2.00 bits per heavy atom. The molecule has 1 aliphatic carbocycles. The number of ether oxygens (including phenoxy) is 1.